The largest absolute Gasteiger partial charge is 0.348 e. The number of tetrazole rings is 1. The highest BCUT2D eigenvalue weighted by Gasteiger charge is 2.27. The first-order valence-electron chi connectivity index (χ1n) is 7.10. The molecular formula is C14H19ClN6O. The fourth-order valence-corrected chi connectivity index (χ4v) is 2.65. The molecule has 0 spiro atoms. The van der Waals surface area contributed by atoms with Crippen LogP contribution < -0.4 is 11.1 Å². The number of hydrogen-bond donors (Lipinski definition) is 2. The molecule has 2 atom stereocenters. The zero-order chi connectivity index (χ0) is 14.7. The van der Waals surface area contributed by atoms with Crippen molar-refractivity contribution in [1.82, 2.24) is 25.5 Å². The highest BCUT2D eigenvalue weighted by Crippen LogP contribution is 2.24. The third-order valence-corrected chi connectivity index (χ3v) is 3.80. The van der Waals surface area contributed by atoms with Crippen LogP contribution in [0.2, 0.25) is 0 Å². The zero-order valence-electron chi connectivity index (χ0n) is 12.1. The van der Waals surface area contributed by atoms with Gasteiger partial charge in [-0.3, -0.25) is 4.79 Å². The first kappa shape index (κ1) is 16.4. The van der Waals surface area contributed by atoms with E-state index in [0.717, 1.165) is 24.9 Å². The van der Waals surface area contributed by atoms with Gasteiger partial charge in [0.1, 0.15) is 0 Å². The first-order chi connectivity index (χ1) is 10.2. The quantitative estimate of drug-likeness (QED) is 0.868. The minimum Gasteiger partial charge on any atom is -0.348 e. The minimum absolute atomic E-state index is 0. The molecule has 8 heteroatoms. The number of aromatic nitrogens is 4. The van der Waals surface area contributed by atoms with Crippen LogP contribution in [0, 0.1) is 5.92 Å². The van der Waals surface area contributed by atoms with Crippen LogP contribution in [0.1, 0.15) is 25.1 Å². The van der Waals surface area contributed by atoms with Gasteiger partial charge in [-0.15, -0.1) is 17.5 Å². The number of halogens is 1. The Morgan fingerprint density at radius 2 is 2.09 bits per heavy atom. The molecule has 0 bridgehead atoms. The van der Waals surface area contributed by atoms with Gasteiger partial charge < -0.3 is 11.1 Å². The number of rotatable bonds is 4. The number of carbonyl (C=O) groups is 1. The van der Waals surface area contributed by atoms with Gasteiger partial charge in [-0.2, -0.15) is 4.68 Å². The molecule has 3 rings (SSSR count). The van der Waals surface area contributed by atoms with Crippen LogP contribution in [0.3, 0.4) is 0 Å². The normalized spacial score (nSPS) is 20.4. The van der Waals surface area contributed by atoms with Gasteiger partial charge in [-0.05, 0) is 41.8 Å². The molecule has 7 nitrogen and oxygen atoms in total. The summed E-state index contributed by atoms with van der Waals surface area (Å²) >= 11 is 0. The summed E-state index contributed by atoms with van der Waals surface area (Å²) in [7, 11) is 0. The van der Waals surface area contributed by atoms with E-state index in [9.17, 15) is 4.79 Å². The van der Waals surface area contributed by atoms with E-state index in [0.29, 0.717) is 12.4 Å². The van der Waals surface area contributed by atoms with E-state index in [1.165, 1.54) is 0 Å². The van der Waals surface area contributed by atoms with Gasteiger partial charge in [0, 0.05) is 12.0 Å². The molecule has 3 N–H and O–H groups in total. The predicted molar refractivity (Wildman–Crippen MR) is 83.6 cm³/mol. The van der Waals surface area contributed by atoms with Crippen LogP contribution in [0.15, 0.2) is 30.3 Å². The third-order valence-electron chi connectivity index (χ3n) is 3.80. The number of benzene rings is 1. The van der Waals surface area contributed by atoms with Crippen LogP contribution >= 0.6 is 12.4 Å². The number of nitrogens with one attached hydrogen (secondary N) is 1. The van der Waals surface area contributed by atoms with Gasteiger partial charge in [0.05, 0.1) is 12.2 Å². The number of para-hydroxylation sites is 1. The molecule has 0 unspecified atom stereocenters. The predicted octanol–water partition coefficient (Wildman–Crippen LogP) is 0.828. The van der Waals surface area contributed by atoms with E-state index in [1.54, 1.807) is 4.68 Å². The summed E-state index contributed by atoms with van der Waals surface area (Å²) in [5.41, 5.74) is 6.71. The molecule has 1 aromatic carbocycles. The number of nitrogens with two attached hydrogens (primary N) is 1. The summed E-state index contributed by atoms with van der Waals surface area (Å²) in [4.78, 5) is 12.1. The lowest BCUT2D eigenvalue weighted by atomic mass is 10.1. The lowest BCUT2D eigenvalue weighted by Gasteiger charge is -2.10. The summed E-state index contributed by atoms with van der Waals surface area (Å²) in [6.45, 7) is 0.312. The summed E-state index contributed by atoms with van der Waals surface area (Å²) in [5.74, 6) is 0.656. The summed E-state index contributed by atoms with van der Waals surface area (Å²) in [5, 5.41) is 14.5. The molecule has 1 aliphatic carbocycles. The highest BCUT2D eigenvalue weighted by atomic mass is 35.5. The van der Waals surface area contributed by atoms with E-state index in [4.69, 9.17) is 5.73 Å². The van der Waals surface area contributed by atoms with Gasteiger partial charge in [0.2, 0.25) is 5.91 Å². The average molecular weight is 323 g/mol. The number of hydrogen-bond acceptors (Lipinski definition) is 5. The van der Waals surface area contributed by atoms with Crippen molar-refractivity contribution in [2.45, 2.75) is 31.8 Å². The van der Waals surface area contributed by atoms with E-state index in [-0.39, 0.29) is 30.3 Å². The average Bonchev–Trinajstić information content (AvgIpc) is 3.14. The maximum absolute atomic E-state index is 12.1. The Morgan fingerprint density at radius 1 is 1.32 bits per heavy atom. The molecular weight excluding hydrogens is 304 g/mol. The Bertz CT molecular complexity index is 617. The molecule has 0 saturated heterocycles. The van der Waals surface area contributed by atoms with E-state index >= 15 is 0 Å². The van der Waals surface area contributed by atoms with E-state index in [1.807, 2.05) is 30.3 Å². The smallest absolute Gasteiger partial charge is 0.223 e. The lowest BCUT2D eigenvalue weighted by molar-refractivity contribution is -0.125. The second-order valence-corrected chi connectivity index (χ2v) is 5.33. The molecule has 1 amide bonds. The maximum atomic E-state index is 12.1. The fourth-order valence-electron chi connectivity index (χ4n) is 2.65. The molecule has 1 aliphatic rings. The second-order valence-electron chi connectivity index (χ2n) is 5.33. The van der Waals surface area contributed by atoms with Crippen molar-refractivity contribution >= 4 is 18.3 Å². The Kier molecular flexibility index (Phi) is 5.46. The highest BCUT2D eigenvalue weighted by molar-refractivity contribution is 5.85. The number of amides is 1. The maximum Gasteiger partial charge on any atom is 0.223 e. The molecule has 1 saturated carbocycles. The SMILES string of the molecule is Cl.N[C@@H]1CC[C@H](C(=O)NCc2nnnn2-c2ccccc2)C1. The Balaban J connectivity index is 0.00000176. The monoisotopic (exact) mass is 322 g/mol. The fraction of sp³-hybridized carbons (Fsp3) is 0.429. The molecule has 0 aliphatic heterocycles. The van der Waals surface area contributed by atoms with E-state index in [2.05, 4.69) is 20.8 Å². The number of carbonyl (C=O) groups excluding carboxylic acids is 1. The molecule has 2 aromatic rings. The minimum atomic E-state index is 0. The van der Waals surface area contributed by atoms with Crippen molar-refractivity contribution in [2.75, 3.05) is 0 Å². The Hall–Kier alpha value is -1.99. The van der Waals surface area contributed by atoms with Crippen LogP contribution in [-0.2, 0) is 11.3 Å². The standard InChI is InChI=1S/C14H18N6O.ClH/c15-11-7-6-10(8-11)14(21)16-9-13-17-18-19-20(13)12-4-2-1-3-5-12;/h1-5,10-11H,6-9,15H2,(H,16,21);1H/t10-,11+;/m0./s1. The van der Waals surface area contributed by atoms with Gasteiger partial charge in [0.25, 0.3) is 0 Å². The van der Waals surface area contributed by atoms with Crippen LogP contribution in [0.4, 0.5) is 0 Å². The molecule has 0 radical (unpaired) electrons. The summed E-state index contributed by atoms with van der Waals surface area (Å²) < 4.78 is 1.63. The van der Waals surface area contributed by atoms with Gasteiger partial charge in [-0.25, -0.2) is 0 Å². The van der Waals surface area contributed by atoms with Gasteiger partial charge in [0.15, 0.2) is 5.82 Å². The first-order valence-corrected chi connectivity index (χ1v) is 7.10. The van der Waals surface area contributed by atoms with Gasteiger partial charge >= 0.3 is 0 Å². The van der Waals surface area contributed by atoms with Crippen molar-refractivity contribution in [3.8, 4) is 5.69 Å². The Morgan fingerprint density at radius 3 is 2.77 bits per heavy atom. The molecule has 22 heavy (non-hydrogen) atoms. The molecule has 118 valence electrons. The van der Waals surface area contributed by atoms with Crippen molar-refractivity contribution in [1.29, 1.82) is 0 Å². The Labute approximate surface area is 134 Å². The molecule has 1 heterocycles. The van der Waals surface area contributed by atoms with Crippen LogP contribution in [-0.4, -0.2) is 32.2 Å². The summed E-state index contributed by atoms with van der Waals surface area (Å²) in [6.07, 6.45) is 2.53. The third kappa shape index (κ3) is 3.61. The lowest BCUT2D eigenvalue weighted by Crippen LogP contribution is -2.31. The van der Waals surface area contributed by atoms with E-state index < -0.39 is 0 Å². The topological polar surface area (TPSA) is 98.7 Å². The zero-order valence-corrected chi connectivity index (χ0v) is 12.9. The second kappa shape index (κ2) is 7.33. The molecule has 1 aromatic heterocycles. The van der Waals surface area contributed by atoms with Crippen molar-refractivity contribution in [3.05, 3.63) is 36.2 Å². The van der Waals surface area contributed by atoms with Crippen molar-refractivity contribution in [2.24, 2.45) is 11.7 Å². The number of nitrogens with zero attached hydrogens (tertiary/aromatic N) is 4. The van der Waals surface area contributed by atoms with Crippen molar-refractivity contribution < 1.29 is 4.79 Å². The van der Waals surface area contributed by atoms with Crippen LogP contribution in [0.25, 0.3) is 5.69 Å². The van der Waals surface area contributed by atoms with Gasteiger partial charge in [-0.1, -0.05) is 18.2 Å². The van der Waals surface area contributed by atoms with Crippen molar-refractivity contribution in [3.63, 3.8) is 0 Å². The summed E-state index contributed by atoms with van der Waals surface area (Å²) in [6, 6.07) is 9.74. The van der Waals surface area contributed by atoms with Crippen LogP contribution in [0.5, 0.6) is 0 Å². The molecule has 1 fully saturated rings.